The molecule has 7 unspecified atom stereocenters. The summed E-state index contributed by atoms with van der Waals surface area (Å²) in [4.78, 5) is 61.7. The van der Waals surface area contributed by atoms with Crippen molar-refractivity contribution in [1.29, 1.82) is 0 Å². The number of esters is 5. The molecule has 242 valence electrons. The van der Waals surface area contributed by atoms with Crippen LogP contribution < -0.4 is 0 Å². The van der Waals surface area contributed by atoms with Crippen LogP contribution in [-0.4, -0.2) is 61.4 Å². The van der Waals surface area contributed by atoms with Crippen LogP contribution in [0.5, 0.6) is 0 Å². The van der Waals surface area contributed by atoms with E-state index in [2.05, 4.69) is 20.8 Å². The summed E-state index contributed by atoms with van der Waals surface area (Å²) in [6.07, 6.45) is 3.09. The van der Waals surface area contributed by atoms with Crippen molar-refractivity contribution in [1.82, 2.24) is 0 Å². The lowest BCUT2D eigenvalue weighted by Crippen LogP contribution is -2.68. The first kappa shape index (κ1) is 33.2. The van der Waals surface area contributed by atoms with Crippen molar-refractivity contribution in [2.24, 2.45) is 46.3 Å². The topological polar surface area (TPSA) is 132 Å². The summed E-state index contributed by atoms with van der Waals surface area (Å²) in [5.74, 6) is -1.84. The first-order valence-corrected chi connectivity index (χ1v) is 15.9. The lowest BCUT2D eigenvalue weighted by molar-refractivity contribution is -0.258. The second-order valence-electron chi connectivity index (χ2n) is 14.0. The van der Waals surface area contributed by atoms with Gasteiger partial charge in [0.25, 0.3) is 0 Å². The molecular formula is C33H50O10. The molecule has 0 spiro atoms. The van der Waals surface area contributed by atoms with Crippen LogP contribution in [0.1, 0.15) is 99.8 Å². The molecule has 4 fully saturated rings. The Morgan fingerprint density at radius 2 is 1.35 bits per heavy atom. The number of hydrogen-bond donors (Lipinski definition) is 0. The Bertz CT molecular complexity index is 1100. The average Bonchev–Trinajstić information content (AvgIpc) is 3.27. The van der Waals surface area contributed by atoms with E-state index in [1.165, 1.54) is 34.8 Å². The van der Waals surface area contributed by atoms with Crippen molar-refractivity contribution < 1.29 is 47.7 Å². The van der Waals surface area contributed by atoms with Crippen molar-refractivity contribution in [2.75, 3.05) is 7.11 Å². The average molecular weight is 607 g/mol. The quantitative estimate of drug-likeness (QED) is 0.281. The van der Waals surface area contributed by atoms with Crippen molar-refractivity contribution in [3.05, 3.63) is 0 Å². The fourth-order valence-corrected chi connectivity index (χ4v) is 10.1. The van der Waals surface area contributed by atoms with Gasteiger partial charge in [-0.25, -0.2) is 0 Å². The summed E-state index contributed by atoms with van der Waals surface area (Å²) in [6.45, 7) is 12.2. The monoisotopic (exact) mass is 606 g/mol. The minimum atomic E-state index is -0.698. The first-order chi connectivity index (χ1) is 20.1. The molecule has 0 N–H and O–H groups in total. The van der Waals surface area contributed by atoms with Crippen molar-refractivity contribution in [2.45, 2.75) is 124 Å². The maximum Gasteiger partial charge on any atom is 0.305 e. The van der Waals surface area contributed by atoms with Crippen LogP contribution in [0, 0.1) is 46.3 Å². The smallest absolute Gasteiger partial charge is 0.305 e. The molecule has 0 aliphatic heterocycles. The molecule has 0 bridgehead atoms. The Balaban J connectivity index is 1.80. The lowest BCUT2D eigenvalue weighted by atomic mass is 9.42. The molecule has 43 heavy (non-hydrogen) atoms. The maximum absolute atomic E-state index is 12.7. The van der Waals surface area contributed by atoms with Gasteiger partial charge in [-0.05, 0) is 74.0 Å². The normalized spacial score (nSPS) is 40.5. The standard InChI is InChI=1S/C33H50O10/c1-17(9-12-28(38)39-8)23-10-11-24-29-25(16-27(33(23,24)7)41-19(3)35)32(6)14-13-22(40-18(2)34)15-26(32)30(42-20(4)36)31(29)43-21(5)37/h17,22-27,29-31H,9-16H2,1-8H3/t17?,22-,23?,24?,25?,26+,27+,29?,30+,31-,32?,33?/m1/s1. The van der Waals surface area contributed by atoms with Crippen LogP contribution in [0.3, 0.4) is 0 Å². The van der Waals surface area contributed by atoms with Gasteiger partial charge in [0.2, 0.25) is 0 Å². The molecule has 0 heterocycles. The number of carbonyl (C=O) groups excluding carboxylic acids is 5. The summed E-state index contributed by atoms with van der Waals surface area (Å²) in [7, 11) is 1.39. The zero-order valence-corrected chi connectivity index (χ0v) is 27.0. The van der Waals surface area contributed by atoms with Gasteiger partial charge in [0, 0.05) is 51.4 Å². The Labute approximate surface area is 255 Å². The van der Waals surface area contributed by atoms with Crippen LogP contribution in [0.2, 0.25) is 0 Å². The Kier molecular flexibility index (Phi) is 9.86. The molecule has 4 aliphatic rings. The fourth-order valence-electron chi connectivity index (χ4n) is 10.1. The highest BCUT2D eigenvalue weighted by molar-refractivity contribution is 5.69. The van der Waals surface area contributed by atoms with E-state index in [4.69, 9.17) is 23.7 Å². The van der Waals surface area contributed by atoms with Crippen molar-refractivity contribution >= 4 is 29.8 Å². The van der Waals surface area contributed by atoms with Crippen LogP contribution in [0.15, 0.2) is 0 Å². The van der Waals surface area contributed by atoms with Gasteiger partial charge in [-0.1, -0.05) is 20.8 Å². The molecule has 10 heteroatoms. The molecule has 0 aromatic heterocycles. The van der Waals surface area contributed by atoms with Crippen LogP contribution in [0.4, 0.5) is 0 Å². The second-order valence-corrected chi connectivity index (χ2v) is 14.0. The van der Waals surface area contributed by atoms with E-state index in [0.717, 1.165) is 19.3 Å². The van der Waals surface area contributed by atoms with E-state index in [9.17, 15) is 24.0 Å². The highest BCUT2D eigenvalue weighted by Crippen LogP contribution is 2.69. The predicted molar refractivity (Wildman–Crippen MR) is 154 cm³/mol. The zero-order valence-electron chi connectivity index (χ0n) is 27.0. The van der Waals surface area contributed by atoms with Gasteiger partial charge in [0.15, 0.2) is 0 Å². The van der Waals surface area contributed by atoms with Crippen molar-refractivity contribution in [3.63, 3.8) is 0 Å². The minimum Gasteiger partial charge on any atom is -0.469 e. The number of ether oxygens (including phenoxy) is 5. The molecule has 0 aromatic carbocycles. The molecule has 0 amide bonds. The summed E-state index contributed by atoms with van der Waals surface area (Å²) in [5.41, 5.74) is -0.786. The fraction of sp³-hybridized carbons (Fsp3) is 0.848. The number of methoxy groups -OCH3 is 1. The molecule has 12 atom stereocenters. The zero-order chi connectivity index (χ0) is 31.9. The van der Waals surface area contributed by atoms with Gasteiger partial charge in [0.05, 0.1) is 7.11 Å². The molecule has 4 aliphatic carbocycles. The van der Waals surface area contributed by atoms with E-state index in [1.54, 1.807) is 0 Å². The minimum absolute atomic E-state index is 0.0125. The SMILES string of the molecule is COC(=O)CCC(C)C1CCC2C3C(C[C@H](OC(C)=O)C12C)C1(C)CC[C@@H](OC(C)=O)C[C@H]1[C@H](OC(C)=O)[C@@H]3OC(C)=O. The third kappa shape index (κ3) is 6.30. The summed E-state index contributed by atoms with van der Waals surface area (Å²) < 4.78 is 29.0. The predicted octanol–water partition coefficient (Wildman–Crippen LogP) is 4.79. The second kappa shape index (κ2) is 12.8. The molecule has 0 radical (unpaired) electrons. The first-order valence-electron chi connectivity index (χ1n) is 15.9. The van der Waals surface area contributed by atoms with Gasteiger partial charge >= 0.3 is 29.8 Å². The molecule has 0 saturated heterocycles. The van der Waals surface area contributed by atoms with Gasteiger partial charge in [-0.3, -0.25) is 24.0 Å². The lowest BCUT2D eigenvalue weighted by Gasteiger charge is -2.65. The van der Waals surface area contributed by atoms with E-state index < -0.39 is 29.6 Å². The van der Waals surface area contributed by atoms with Gasteiger partial charge in [-0.2, -0.15) is 0 Å². The summed E-state index contributed by atoms with van der Waals surface area (Å²) >= 11 is 0. The van der Waals surface area contributed by atoms with Crippen molar-refractivity contribution in [3.8, 4) is 0 Å². The molecular weight excluding hydrogens is 556 g/mol. The Morgan fingerprint density at radius 1 is 0.744 bits per heavy atom. The third-order valence-corrected chi connectivity index (χ3v) is 11.8. The maximum atomic E-state index is 12.7. The summed E-state index contributed by atoms with van der Waals surface area (Å²) in [6, 6.07) is 0. The number of rotatable bonds is 8. The van der Waals surface area contributed by atoms with E-state index in [1.807, 2.05) is 0 Å². The van der Waals surface area contributed by atoms with Gasteiger partial charge < -0.3 is 23.7 Å². The van der Waals surface area contributed by atoms with E-state index in [-0.39, 0.29) is 71.0 Å². The third-order valence-electron chi connectivity index (χ3n) is 11.8. The highest BCUT2D eigenvalue weighted by Gasteiger charge is 2.70. The van der Waals surface area contributed by atoms with Gasteiger partial charge in [0.1, 0.15) is 24.4 Å². The van der Waals surface area contributed by atoms with E-state index in [0.29, 0.717) is 32.1 Å². The van der Waals surface area contributed by atoms with Gasteiger partial charge in [-0.15, -0.1) is 0 Å². The largest absolute Gasteiger partial charge is 0.469 e. The van der Waals surface area contributed by atoms with Crippen LogP contribution >= 0.6 is 0 Å². The van der Waals surface area contributed by atoms with E-state index >= 15 is 0 Å². The number of hydrogen-bond acceptors (Lipinski definition) is 10. The summed E-state index contributed by atoms with van der Waals surface area (Å²) in [5, 5.41) is 0. The molecule has 0 aromatic rings. The molecule has 4 rings (SSSR count). The Hall–Kier alpha value is -2.65. The Morgan fingerprint density at radius 3 is 1.93 bits per heavy atom. The molecule has 10 nitrogen and oxygen atoms in total. The molecule has 4 saturated carbocycles. The van der Waals surface area contributed by atoms with Crippen LogP contribution in [0.25, 0.3) is 0 Å². The number of fused-ring (bicyclic) bond motifs is 5. The number of carbonyl (C=O) groups is 5. The highest BCUT2D eigenvalue weighted by atomic mass is 16.6. The van der Waals surface area contributed by atoms with Crippen LogP contribution in [-0.2, 0) is 47.7 Å².